The summed E-state index contributed by atoms with van der Waals surface area (Å²) in [7, 11) is 1.64. The minimum atomic E-state index is -1.02. The number of amidine groups is 1. The normalized spacial score (nSPS) is 17.5. The van der Waals surface area contributed by atoms with Crippen LogP contribution in [0.1, 0.15) is 15.9 Å². The average molecular weight is 373 g/mol. The van der Waals surface area contributed by atoms with Crippen LogP contribution in [0, 0.1) is 0 Å². The summed E-state index contributed by atoms with van der Waals surface area (Å²) in [4.78, 5) is 29.8. The van der Waals surface area contributed by atoms with Gasteiger partial charge >= 0.3 is 5.97 Å². The first-order chi connectivity index (χ1) is 11.9. The number of amides is 1. The summed E-state index contributed by atoms with van der Waals surface area (Å²) in [6.45, 7) is 0. The number of benzene rings is 2. The second-order valence-corrected chi connectivity index (χ2v) is 6.72. The number of halogens is 1. The molecule has 5 nitrogen and oxygen atoms in total. The molecule has 1 fully saturated rings. The van der Waals surface area contributed by atoms with Gasteiger partial charge in [0.1, 0.15) is 0 Å². The van der Waals surface area contributed by atoms with Crippen LogP contribution >= 0.6 is 23.4 Å². The molecule has 0 aromatic heterocycles. The zero-order chi connectivity index (χ0) is 18.0. The highest BCUT2D eigenvalue weighted by Gasteiger charge is 2.30. The van der Waals surface area contributed by atoms with Crippen LogP contribution in [-0.2, 0) is 4.79 Å². The molecule has 0 atom stereocenters. The fourth-order valence-electron chi connectivity index (χ4n) is 2.18. The number of carboxylic acids is 1. The molecule has 2 aromatic rings. The largest absolute Gasteiger partial charge is 0.478 e. The Morgan fingerprint density at radius 1 is 1.24 bits per heavy atom. The van der Waals surface area contributed by atoms with Gasteiger partial charge in [-0.15, -0.1) is 0 Å². The minimum Gasteiger partial charge on any atom is -0.478 e. The molecule has 0 aliphatic carbocycles. The molecular formula is C18H13ClN2O3S. The number of carbonyl (C=O) groups is 2. The second kappa shape index (κ2) is 7.13. The van der Waals surface area contributed by atoms with Crippen molar-refractivity contribution in [1.82, 2.24) is 4.90 Å². The number of likely N-dealkylation sites (N-methyl/N-ethyl adjacent to an activating group) is 1. The number of carboxylic acid groups (broad SMARTS) is 1. The summed E-state index contributed by atoms with van der Waals surface area (Å²) >= 11 is 7.11. The molecule has 1 heterocycles. The standard InChI is InChI=1S/C18H13ClN2O3S/c1-21-16(22)15(9-11-5-7-13(19)8-6-11)25-18(21)20-14-4-2-3-12(10-14)17(23)24/h2-10H,1H3,(H,23,24)/b15-9+,20-18?. The predicted molar refractivity (Wildman–Crippen MR) is 100 cm³/mol. The van der Waals surface area contributed by atoms with Crippen LogP contribution in [0.5, 0.6) is 0 Å². The molecule has 25 heavy (non-hydrogen) atoms. The van der Waals surface area contributed by atoms with Crippen molar-refractivity contribution in [2.45, 2.75) is 0 Å². The van der Waals surface area contributed by atoms with Gasteiger partial charge in [0.2, 0.25) is 0 Å². The lowest BCUT2D eigenvalue weighted by atomic mass is 10.2. The number of thioether (sulfide) groups is 1. The van der Waals surface area contributed by atoms with Crippen molar-refractivity contribution in [3.05, 3.63) is 69.6 Å². The van der Waals surface area contributed by atoms with Crippen molar-refractivity contribution >= 4 is 52.2 Å². The number of hydrogen-bond acceptors (Lipinski definition) is 4. The van der Waals surface area contributed by atoms with Crippen molar-refractivity contribution in [2.24, 2.45) is 4.99 Å². The fraction of sp³-hybridized carbons (Fsp3) is 0.0556. The van der Waals surface area contributed by atoms with Gasteiger partial charge in [0.25, 0.3) is 5.91 Å². The molecule has 1 aliphatic heterocycles. The number of aromatic carboxylic acids is 1. The molecule has 1 amide bonds. The molecule has 3 rings (SSSR count). The van der Waals surface area contributed by atoms with Crippen LogP contribution in [0.4, 0.5) is 5.69 Å². The van der Waals surface area contributed by atoms with E-state index in [4.69, 9.17) is 16.7 Å². The Labute approximate surface area is 153 Å². The van der Waals surface area contributed by atoms with Crippen molar-refractivity contribution in [3.8, 4) is 0 Å². The first-order valence-corrected chi connectivity index (χ1v) is 8.49. The number of carbonyl (C=O) groups excluding carboxylic acids is 1. The highest BCUT2D eigenvalue weighted by Crippen LogP contribution is 2.33. The summed E-state index contributed by atoms with van der Waals surface area (Å²) < 4.78 is 0. The Morgan fingerprint density at radius 3 is 2.64 bits per heavy atom. The zero-order valence-electron chi connectivity index (χ0n) is 13.1. The third-order valence-electron chi connectivity index (χ3n) is 3.49. The molecule has 7 heteroatoms. The van der Waals surface area contributed by atoms with E-state index < -0.39 is 5.97 Å². The van der Waals surface area contributed by atoms with Gasteiger partial charge in [0, 0.05) is 12.1 Å². The van der Waals surface area contributed by atoms with Crippen molar-refractivity contribution in [2.75, 3.05) is 7.05 Å². The molecule has 0 bridgehead atoms. The monoisotopic (exact) mass is 372 g/mol. The first-order valence-electron chi connectivity index (χ1n) is 7.29. The minimum absolute atomic E-state index is 0.149. The van der Waals surface area contributed by atoms with Crippen LogP contribution in [0.15, 0.2) is 58.4 Å². The number of hydrogen-bond donors (Lipinski definition) is 1. The third kappa shape index (κ3) is 3.92. The molecule has 0 radical (unpaired) electrons. The van der Waals surface area contributed by atoms with Crippen LogP contribution in [0.3, 0.4) is 0 Å². The summed E-state index contributed by atoms with van der Waals surface area (Å²) in [5, 5.41) is 10.2. The van der Waals surface area contributed by atoms with Crippen LogP contribution in [0.25, 0.3) is 6.08 Å². The summed E-state index contributed by atoms with van der Waals surface area (Å²) in [6.07, 6.45) is 1.77. The highest BCUT2D eigenvalue weighted by molar-refractivity contribution is 8.18. The SMILES string of the molecule is CN1C(=O)/C(=C\c2ccc(Cl)cc2)SC1=Nc1cccc(C(=O)O)c1. The van der Waals surface area contributed by atoms with E-state index in [-0.39, 0.29) is 11.5 Å². The van der Waals surface area contributed by atoms with Gasteiger partial charge in [0.05, 0.1) is 16.2 Å². The molecule has 2 aromatic carbocycles. The Bertz CT molecular complexity index is 907. The van der Waals surface area contributed by atoms with E-state index in [1.165, 1.54) is 28.8 Å². The molecule has 0 unspecified atom stereocenters. The Kier molecular flexibility index (Phi) is 4.92. The predicted octanol–water partition coefficient (Wildman–Crippen LogP) is 4.27. The topological polar surface area (TPSA) is 70.0 Å². The molecule has 1 saturated heterocycles. The lowest BCUT2D eigenvalue weighted by molar-refractivity contribution is -0.121. The lowest BCUT2D eigenvalue weighted by Gasteiger charge is -2.07. The Morgan fingerprint density at radius 2 is 1.96 bits per heavy atom. The van der Waals surface area contributed by atoms with E-state index >= 15 is 0 Å². The molecule has 1 aliphatic rings. The number of rotatable bonds is 3. The van der Waals surface area contributed by atoms with Crippen LogP contribution in [-0.4, -0.2) is 34.1 Å². The quantitative estimate of drug-likeness (QED) is 0.817. The van der Waals surface area contributed by atoms with E-state index in [1.54, 1.807) is 37.4 Å². The molecule has 0 saturated carbocycles. The first kappa shape index (κ1) is 17.3. The van der Waals surface area contributed by atoms with Gasteiger partial charge < -0.3 is 5.11 Å². The molecular weight excluding hydrogens is 360 g/mol. The Hall–Kier alpha value is -2.57. The second-order valence-electron chi connectivity index (χ2n) is 5.28. The molecule has 1 N–H and O–H groups in total. The van der Waals surface area contributed by atoms with Crippen LogP contribution < -0.4 is 0 Å². The molecule has 126 valence electrons. The van der Waals surface area contributed by atoms with Gasteiger partial charge in [0.15, 0.2) is 5.17 Å². The Balaban J connectivity index is 1.89. The van der Waals surface area contributed by atoms with Gasteiger partial charge in [-0.2, -0.15) is 0 Å². The van der Waals surface area contributed by atoms with E-state index in [2.05, 4.69) is 4.99 Å². The smallest absolute Gasteiger partial charge is 0.335 e. The van der Waals surface area contributed by atoms with E-state index in [1.807, 2.05) is 12.1 Å². The third-order valence-corrected chi connectivity index (χ3v) is 4.80. The number of aliphatic imine (C=N–C) groups is 1. The maximum absolute atomic E-state index is 12.4. The van der Waals surface area contributed by atoms with E-state index in [9.17, 15) is 9.59 Å². The summed E-state index contributed by atoms with van der Waals surface area (Å²) in [5.41, 5.74) is 1.49. The van der Waals surface area contributed by atoms with E-state index in [0.29, 0.717) is 20.8 Å². The van der Waals surface area contributed by atoms with Gasteiger partial charge in [-0.05, 0) is 53.7 Å². The maximum Gasteiger partial charge on any atom is 0.335 e. The fourth-order valence-corrected chi connectivity index (χ4v) is 3.29. The summed E-state index contributed by atoms with van der Waals surface area (Å²) in [6, 6.07) is 13.4. The van der Waals surface area contributed by atoms with Crippen LogP contribution in [0.2, 0.25) is 5.02 Å². The lowest BCUT2D eigenvalue weighted by Crippen LogP contribution is -2.23. The van der Waals surface area contributed by atoms with Gasteiger partial charge in [-0.1, -0.05) is 29.8 Å². The van der Waals surface area contributed by atoms with Crippen molar-refractivity contribution in [3.63, 3.8) is 0 Å². The van der Waals surface area contributed by atoms with Gasteiger partial charge in [-0.3, -0.25) is 9.69 Å². The van der Waals surface area contributed by atoms with Gasteiger partial charge in [-0.25, -0.2) is 9.79 Å². The van der Waals surface area contributed by atoms with E-state index in [0.717, 1.165) is 5.56 Å². The number of nitrogens with zero attached hydrogens (tertiary/aromatic N) is 2. The zero-order valence-corrected chi connectivity index (χ0v) is 14.7. The molecule has 0 spiro atoms. The van der Waals surface area contributed by atoms with Crippen molar-refractivity contribution in [1.29, 1.82) is 0 Å². The summed E-state index contributed by atoms with van der Waals surface area (Å²) in [5.74, 6) is -1.18. The maximum atomic E-state index is 12.4. The average Bonchev–Trinajstić information content (AvgIpc) is 2.85. The van der Waals surface area contributed by atoms with Crippen molar-refractivity contribution < 1.29 is 14.7 Å². The highest BCUT2D eigenvalue weighted by atomic mass is 35.5.